The van der Waals surface area contributed by atoms with Crippen LogP contribution < -0.4 is 5.32 Å². The van der Waals surface area contributed by atoms with Gasteiger partial charge in [0.2, 0.25) is 17.7 Å². The van der Waals surface area contributed by atoms with E-state index in [0.717, 1.165) is 41.8 Å². The average Bonchev–Trinajstić information content (AvgIpc) is 3.28. The quantitative estimate of drug-likeness (QED) is 0.809. The number of hydrogen-bond acceptors (Lipinski definition) is 6. The molecule has 4 rings (SSSR count). The maximum absolute atomic E-state index is 12.5. The van der Waals surface area contributed by atoms with Crippen LogP contribution in [0.2, 0.25) is 0 Å². The van der Waals surface area contributed by atoms with E-state index in [1.165, 1.54) is 11.0 Å². The molecule has 140 valence electrons. The fraction of sp³-hybridized carbons (Fsp3) is 0.444. The lowest BCUT2D eigenvalue weighted by Gasteiger charge is -2.19. The molecular formula is C18H20N6O3. The van der Waals surface area contributed by atoms with Crippen LogP contribution in [0.25, 0.3) is 5.69 Å². The third-order valence-corrected chi connectivity index (χ3v) is 5.32. The van der Waals surface area contributed by atoms with Crippen molar-refractivity contribution in [3.63, 3.8) is 0 Å². The van der Waals surface area contributed by atoms with Crippen molar-refractivity contribution in [2.45, 2.75) is 32.6 Å². The molecule has 27 heavy (non-hydrogen) atoms. The Morgan fingerprint density at radius 3 is 2.52 bits per heavy atom. The first-order valence-electron chi connectivity index (χ1n) is 9.03. The number of fused-ring (bicyclic) bond motifs is 1. The van der Waals surface area contributed by atoms with Crippen molar-refractivity contribution in [3.05, 3.63) is 30.1 Å². The predicted molar refractivity (Wildman–Crippen MR) is 94.7 cm³/mol. The molecule has 1 N–H and O–H groups in total. The lowest BCUT2D eigenvalue weighted by molar-refractivity contribution is -0.142. The van der Waals surface area contributed by atoms with Gasteiger partial charge in [0.05, 0.1) is 17.5 Å². The van der Waals surface area contributed by atoms with Crippen LogP contribution in [0.15, 0.2) is 24.5 Å². The number of carbonyl (C=O) groups excluding carboxylic acids is 3. The lowest BCUT2D eigenvalue weighted by atomic mass is 9.81. The minimum absolute atomic E-state index is 0.210. The van der Waals surface area contributed by atoms with Crippen LogP contribution in [-0.2, 0) is 14.4 Å². The van der Waals surface area contributed by atoms with E-state index < -0.39 is 5.91 Å². The monoisotopic (exact) mass is 368 g/mol. The van der Waals surface area contributed by atoms with Crippen LogP contribution in [0.5, 0.6) is 0 Å². The fourth-order valence-electron chi connectivity index (χ4n) is 3.94. The van der Waals surface area contributed by atoms with Gasteiger partial charge in [0.25, 0.3) is 0 Å². The molecule has 1 aliphatic heterocycles. The van der Waals surface area contributed by atoms with Gasteiger partial charge < -0.3 is 5.32 Å². The zero-order valence-electron chi connectivity index (χ0n) is 15.0. The van der Waals surface area contributed by atoms with Crippen LogP contribution in [0.4, 0.5) is 5.69 Å². The summed E-state index contributed by atoms with van der Waals surface area (Å²) in [4.78, 5) is 38.5. The molecule has 3 amide bonds. The summed E-state index contributed by atoms with van der Waals surface area (Å²) in [7, 11) is 0. The Morgan fingerprint density at radius 2 is 1.89 bits per heavy atom. The molecule has 9 heteroatoms. The highest BCUT2D eigenvalue weighted by atomic mass is 16.2. The maximum atomic E-state index is 12.5. The molecule has 1 aromatic carbocycles. The molecule has 2 heterocycles. The second kappa shape index (κ2) is 6.90. The number of nitrogens with zero attached hydrogens (tertiary/aromatic N) is 5. The summed E-state index contributed by atoms with van der Waals surface area (Å²) in [5, 5.41) is 13.8. The number of amides is 3. The van der Waals surface area contributed by atoms with Crippen LogP contribution in [0.3, 0.4) is 0 Å². The first-order valence-corrected chi connectivity index (χ1v) is 9.03. The number of carbonyl (C=O) groups is 3. The average molecular weight is 368 g/mol. The molecule has 2 atom stereocenters. The minimum Gasteiger partial charge on any atom is -0.324 e. The summed E-state index contributed by atoms with van der Waals surface area (Å²) in [6.07, 6.45) is 4.87. The predicted octanol–water partition coefficient (Wildman–Crippen LogP) is 1.08. The first kappa shape index (κ1) is 17.3. The number of likely N-dealkylation sites (tertiary alicyclic amines) is 1. The number of aryl methyl sites for hydroxylation is 1. The number of aromatic nitrogens is 4. The molecule has 2 unspecified atom stereocenters. The summed E-state index contributed by atoms with van der Waals surface area (Å²) in [6.45, 7) is 1.66. The van der Waals surface area contributed by atoms with Crippen LogP contribution in [0.1, 0.15) is 31.2 Å². The highest BCUT2D eigenvalue weighted by Gasteiger charge is 2.48. The molecule has 2 fully saturated rings. The number of rotatable bonds is 4. The van der Waals surface area contributed by atoms with E-state index in [9.17, 15) is 14.4 Å². The van der Waals surface area contributed by atoms with E-state index in [0.29, 0.717) is 5.69 Å². The van der Waals surface area contributed by atoms with Gasteiger partial charge in [-0.3, -0.25) is 19.3 Å². The molecule has 0 bridgehead atoms. The Bertz CT molecular complexity index is 871. The van der Waals surface area contributed by atoms with Gasteiger partial charge in [-0.05, 0) is 47.9 Å². The van der Waals surface area contributed by atoms with E-state index in [4.69, 9.17) is 0 Å². The van der Waals surface area contributed by atoms with E-state index in [1.54, 1.807) is 12.1 Å². The Balaban J connectivity index is 1.46. The highest BCUT2D eigenvalue weighted by molar-refractivity contribution is 6.08. The van der Waals surface area contributed by atoms with Gasteiger partial charge in [0.1, 0.15) is 12.9 Å². The van der Waals surface area contributed by atoms with Gasteiger partial charge in [0.15, 0.2) is 0 Å². The number of tetrazole rings is 1. The van der Waals surface area contributed by atoms with Gasteiger partial charge in [-0.25, -0.2) is 4.68 Å². The van der Waals surface area contributed by atoms with Crippen LogP contribution >= 0.6 is 0 Å². The maximum Gasteiger partial charge on any atom is 0.244 e. The molecular weight excluding hydrogens is 348 g/mol. The van der Waals surface area contributed by atoms with Crippen LogP contribution in [0, 0.1) is 18.8 Å². The van der Waals surface area contributed by atoms with Crippen molar-refractivity contribution in [3.8, 4) is 5.69 Å². The zero-order valence-corrected chi connectivity index (χ0v) is 15.0. The Hall–Kier alpha value is -3.10. The molecule has 9 nitrogen and oxygen atoms in total. The number of anilines is 1. The number of imide groups is 1. The van der Waals surface area contributed by atoms with Gasteiger partial charge in [-0.15, -0.1) is 5.10 Å². The third-order valence-electron chi connectivity index (χ3n) is 5.32. The van der Waals surface area contributed by atoms with E-state index in [1.807, 2.05) is 13.0 Å². The number of nitrogens with one attached hydrogen (secondary N) is 1. The SMILES string of the molecule is Cc1ccc(NC(=O)CN2C(=O)C3CCCCC3C2=O)cc1-n1cnnn1. The lowest BCUT2D eigenvalue weighted by Crippen LogP contribution is -2.38. The molecule has 1 saturated carbocycles. The summed E-state index contributed by atoms with van der Waals surface area (Å²) in [6, 6.07) is 5.35. The van der Waals surface area contributed by atoms with Crippen molar-refractivity contribution in [2.75, 3.05) is 11.9 Å². The molecule has 2 aliphatic rings. The standard InChI is InChI=1S/C18H20N6O3/c1-11-6-7-12(8-15(11)24-10-19-21-22-24)20-16(25)9-23-17(26)13-4-2-3-5-14(13)18(23)27/h6-8,10,13-14H,2-5,9H2,1H3,(H,20,25). The van der Waals surface area contributed by atoms with E-state index in [-0.39, 0.29) is 30.2 Å². The molecule has 1 aliphatic carbocycles. The molecule has 1 saturated heterocycles. The fourth-order valence-corrected chi connectivity index (χ4v) is 3.94. The highest BCUT2D eigenvalue weighted by Crippen LogP contribution is 2.37. The summed E-state index contributed by atoms with van der Waals surface area (Å²) >= 11 is 0. The summed E-state index contributed by atoms with van der Waals surface area (Å²) in [5.41, 5.74) is 2.22. The Kier molecular flexibility index (Phi) is 4.43. The zero-order chi connectivity index (χ0) is 19.0. The van der Waals surface area contributed by atoms with E-state index in [2.05, 4.69) is 20.8 Å². The van der Waals surface area contributed by atoms with Crippen molar-refractivity contribution in [2.24, 2.45) is 11.8 Å². The van der Waals surface area contributed by atoms with Crippen LogP contribution in [-0.4, -0.2) is 49.4 Å². The molecule has 0 spiro atoms. The topological polar surface area (TPSA) is 110 Å². The summed E-state index contributed by atoms with van der Waals surface area (Å²) < 4.78 is 1.50. The second-order valence-electron chi connectivity index (χ2n) is 7.06. The molecule has 0 radical (unpaired) electrons. The van der Waals surface area contributed by atoms with Gasteiger partial charge in [0, 0.05) is 5.69 Å². The van der Waals surface area contributed by atoms with Gasteiger partial charge in [-0.2, -0.15) is 0 Å². The van der Waals surface area contributed by atoms with Crippen molar-refractivity contribution < 1.29 is 14.4 Å². The Labute approximate surface area is 155 Å². The Morgan fingerprint density at radius 1 is 1.19 bits per heavy atom. The van der Waals surface area contributed by atoms with E-state index >= 15 is 0 Å². The van der Waals surface area contributed by atoms with Crippen molar-refractivity contribution in [1.29, 1.82) is 0 Å². The largest absolute Gasteiger partial charge is 0.324 e. The van der Waals surface area contributed by atoms with Crippen molar-refractivity contribution in [1.82, 2.24) is 25.1 Å². The summed E-state index contributed by atoms with van der Waals surface area (Å²) in [5.74, 6) is -1.31. The van der Waals surface area contributed by atoms with Crippen molar-refractivity contribution >= 4 is 23.4 Å². The first-order chi connectivity index (χ1) is 13.0. The molecule has 2 aromatic rings. The third kappa shape index (κ3) is 3.20. The number of benzene rings is 1. The molecule has 1 aromatic heterocycles. The van der Waals surface area contributed by atoms with Gasteiger partial charge in [-0.1, -0.05) is 18.9 Å². The second-order valence-corrected chi connectivity index (χ2v) is 7.06. The number of hydrogen-bond donors (Lipinski definition) is 1. The van der Waals surface area contributed by atoms with Gasteiger partial charge >= 0.3 is 0 Å². The minimum atomic E-state index is -0.401. The normalized spacial score (nSPS) is 22.0. The smallest absolute Gasteiger partial charge is 0.244 e.